The third-order valence-corrected chi connectivity index (χ3v) is 3.25. The number of rotatable bonds is 5. The van der Waals surface area contributed by atoms with Crippen LogP contribution in [-0.2, 0) is 4.74 Å². The Bertz CT molecular complexity index is 132. The van der Waals surface area contributed by atoms with Crippen LogP contribution in [0.4, 0.5) is 0 Å². The van der Waals surface area contributed by atoms with Gasteiger partial charge in [-0.25, -0.2) is 0 Å². The molecule has 1 aliphatic carbocycles. The van der Waals surface area contributed by atoms with Gasteiger partial charge in [0.1, 0.15) is 0 Å². The van der Waals surface area contributed by atoms with Crippen molar-refractivity contribution < 1.29 is 4.74 Å². The van der Waals surface area contributed by atoms with Gasteiger partial charge in [-0.15, -0.1) is 0 Å². The smallest absolute Gasteiger partial charge is 0.0724 e. The Balaban J connectivity index is 2.37. The quantitative estimate of drug-likeness (QED) is 0.713. The van der Waals surface area contributed by atoms with E-state index in [1.807, 2.05) is 0 Å². The van der Waals surface area contributed by atoms with Gasteiger partial charge in [0.15, 0.2) is 0 Å². The fraction of sp³-hybridized carbons (Fsp3) is 1.00. The van der Waals surface area contributed by atoms with Gasteiger partial charge in [-0.3, -0.25) is 0 Å². The molecule has 2 heteroatoms. The molecule has 0 aliphatic heterocycles. The Morgan fingerprint density at radius 3 is 2.46 bits per heavy atom. The first kappa shape index (κ1) is 11.0. The molecule has 2 unspecified atom stereocenters. The molecule has 1 saturated carbocycles. The predicted molar refractivity (Wildman–Crippen MR) is 55.6 cm³/mol. The molecule has 1 fully saturated rings. The largest absolute Gasteiger partial charge is 0.380 e. The first-order valence-corrected chi connectivity index (χ1v) is 5.58. The van der Waals surface area contributed by atoms with Crippen molar-refractivity contribution in [1.82, 2.24) is 0 Å². The van der Waals surface area contributed by atoms with Gasteiger partial charge in [-0.05, 0) is 25.2 Å². The van der Waals surface area contributed by atoms with Crippen molar-refractivity contribution in [2.24, 2.45) is 11.7 Å². The summed E-state index contributed by atoms with van der Waals surface area (Å²) in [5, 5.41) is 0. The molecule has 13 heavy (non-hydrogen) atoms. The van der Waals surface area contributed by atoms with Crippen LogP contribution in [0.3, 0.4) is 0 Å². The lowest BCUT2D eigenvalue weighted by atomic mass is 9.92. The van der Waals surface area contributed by atoms with E-state index in [-0.39, 0.29) is 12.1 Å². The molecule has 2 atom stereocenters. The summed E-state index contributed by atoms with van der Waals surface area (Å²) in [5.41, 5.74) is 6.19. The molecule has 0 heterocycles. The second-order valence-corrected chi connectivity index (χ2v) is 4.18. The van der Waals surface area contributed by atoms with Gasteiger partial charge in [-0.1, -0.05) is 26.2 Å². The first-order chi connectivity index (χ1) is 6.29. The monoisotopic (exact) mass is 185 g/mol. The maximum Gasteiger partial charge on any atom is 0.0724 e. The van der Waals surface area contributed by atoms with Crippen LogP contribution in [0.5, 0.6) is 0 Å². The van der Waals surface area contributed by atoms with Crippen molar-refractivity contribution in [1.29, 1.82) is 0 Å². The third-order valence-electron chi connectivity index (χ3n) is 3.25. The minimum atomic E-state index is 0.271. The minimum absolute atomic E-state index is 0.271. The molecule has 0 amide bonds. The zero-order chi connectivity index (χ0) is 9.68. The molecule has 78 valence electrons. The van der Waals surface area contributed by atoms with Crippen LogP contribution in [-0.4, -0.2) is 19.3 Å². The fourth-order valence-corrected chi connectivity index (χ4v) is 2.40. The lowest BCUT2D eigenvalue weighted by molar-refractivity contribution is 0.0552. The van der Waals surface area contributed by atoms with Crippen LogP contribution >= 0.6 is 0 Å². The predicted octanol–water partition coefficient (Wildman–Crippen LogP) is 2.32. The van der Waals surface area contributed by atoms with Crippen LogP contribution in [0, 0.1) is 5.92 Å². The van der Waals surface area contributed by atoms with Crippen molar-refractivity contribution in [3.8, 4) is 0 Å². The van der Waals surface area contributed by atoms with Crippen molar-refractivity contribution in [3.05, 3.63) is 0 Å². The molecule has 0 radical (unpaired) electrons. The zero-order valence-corrected chi connectivity index (χ0v) is 8.96. The number of ether oxygens (including phenoxy) is 1. The van der Waals surface area contributed by atoms with Crippen molar-refractivity contribution in [3.63, 3.8) is 0 Å². The Morgan fingerprint density at radius 1 is 1.38 bits per heavy atom. The van der Waals surface area contributed by atoms with Gasteiger partial charge >= 0.3 is 0 Å². The molecule has 2 N–H and O–H groups in total. The Hall–Kier alpha value is -0.0800. The lowest BCUT2D eigenvalue weighted by Crippen LogP contribution is -2.41. The normalized spacial score (nSPS) is 23.3. The van der Waals surface area contributed by atoms with E-state index in [0.29, 0.717) is 0 Å². The molecular formula is C11H23NO. The molecule has 0 aromatic heterocycles. The Kier molecular flexibility index (Phi) is 4.74. The highest BCUT2D eigenvalue weighted by Gasteiger charge is 2.27. The van der Waals surface area contributed by atoms with Gasteiger partial charge in [-0.2, -0.15) is 0 Å². The minimum Gasteiger partial charge on any atom is -0.380 e. The molecule has 0 aromatic rings. The summed E-state index contributed by atoms with van der Waals surface area (Å²) >= 11 is 0. The van der Waals surface area contributed by atoms with Crippen molar-refractivity contribution in [2.45, 2.75) is 57.6 Å². The Morgan fingerprint density at radius 2 is 2.00 bits per heavy atom. The van der Waals surface area contributed by atoms with E-state index >= 15 is 0 Å². The van der Waals surface area contributed by atoms with Crippen LogP contribution in [0.1, 0.15) is 45.4 Å². The van der Waals surface area contributed by atoms with Crippen molar-refractivity contribution >= 4 is 0 Å². The fourth-order valence-electron chi connectivity index (χ4n) is 2.40. The summed E-state index contributed by atoms with van der Waals surface area (Å²) in [4.78, 5) is 0. The Labute approximate surface area is 81.8 Å². The summed E-state index contributed by atoms with van der Waals surface area (Å²) in [6, 6.07) is 0.271. The standard InChI is InChI=1S/C11H23NO/c1-3-6-10(13-2)11(12)9-7-4-5-8-9/h9-11H,3-8,12H2,1-2H3. The van der Waals surface area contributed by atoms with E-state index in [4.69, 9.17) is 10.5 Å². The van der Waals surface area contributed by atoms with E-state index in [1.54, 1.807) is 7.11 Å². The van der Waals surface area contributed by atoms with E-state index in [0.717, 1.165) is 12.3 Å². The molecule has 2 nitrogen and oxygen atoms in total. The topological polar surface area (TPSA) is 35.2 Å². The molecule has 1 aliphatic rings. The van der Waals surface area contributed by atoms with E-state index in [9.17, 15) is 0 Å². The van der Waals surface area contributed by atoms with Crippen LogP contribution < -0.4 is 5.73 Å². The molecule has 0 saturated heterocycles. The summed E-state index contributed by atoms with van der Waals surface area (Å²) in [6.45, 7) is 2.19. The highest BCUT2D eigenvalue weighted by molar-refractivity contribution is 4.83. The first-order valence-electron chi connectivity index (χ1n) is 5.58. The second-order valence-electron chi connectivity index (χ2n) is 4.18. The van der Waals surface area contributed by atoms with Gasteiger partial charge in [0, 0.05) is 13.2 Å². The second kappa shape index (κ2) is 5.61. The highest BCUT2D eigenvalue weighted by Crippen LogP contribution is 2.29. The van der Waals surface area contributed by atoms with Crippen LogP contribution in [0.2, 0.25) is 0 Å². The zero-order valence-electron chi connectivity index (χ0n) is 8.96. The number of nitrogens with two attached hydrogens (primary N) is 1. The summed E-state index contributed by atoms with van der Waals surface area (Å²) in [5.74, 6) is 0.719. The van der Waals surface area contributed by atoms with E-state index < -0.39 is 0 Å². The number of hydrogen-bond acceptors (Lipinski definition) is 2. The van der Waals surface area contributed by atoms with Crippen LogP contribution in [0.25, 0.3) is 0 Å². The average Bonchev–Trinajstić information content (AvgIpc) is 2.65. The summed E-state index contributed by atoms with van der Waals surface area (Å²) < 4.78 is 5.44. The van der Waals surface area contributed by atoms with Gasteiger partial charge in [0.2, 0.25) is 0 Å². The lowest BCUT2D eigenvalue weighted by Gasteiger charge is -2.27. The molecule has 1 rings (SSSR count). The van der Waals surface area contributed by atoms with Gasteiger partial charge in [0.25, 0.3) is 0 Å². The highest BCUT2D eigenvalue weighted by atomic mass is 16.5. The van der Waals surface area contributed by atoms with Gasteiger partial charge in [0.05, 0.1) is 6.10 Å². The molecular weight excluding hydrogens is 162 g/mol. The molecule has 0 spiro atoms. The van der Waals surface area contributed by atoms with E-state index in [2.05, 4.69) is 6.92 Å². The molecule has 0 bridgehead atoms. The number of methoxy groups -OCH3 is 1. The maximum absolute atomic E-state index is 6.19. The van der Waals surface area contributed by atoms with Crippen LogP contribution in [0.15, 0.2) is 0 Å². The average molecular weight is 185 g/mol. The van der Waals surface area contributed by atoms with E-state index in [1.165, 1.54) is 32.1 Å². The number of hydrogen-bond donors (Lipinski definition) is 1. The molecule has 0 aromatic carbocycles. The van der Waals surface area contributed by atoms with Crippen molar-refractivity contribution in [2.75, 3.05) is 7.11 Å². The maximum atomic E-state index is 6.19. The summed E-state index contributed by atoms with van der Waals surface area (Å²) in [6.07, 6.45) is 7.90. The summed E-state index contributed by atoms with van der Waals surface area (Å²) in [7, 11) is 1.79. The SMILES string of the molecule is CCCC(OC)C(N)C1CCCC1. The van der Waals surface area contributed by atoms with Gasteiger partial charge < -0.3 is 10.5 Å². The third kappa shape index (κ3) is 2.96.